The van der Waals surface area contributed by atoms with Gasteiger partial charge in [-0.2, -0.15) is 9.65 Å². The van der Waals surface area contributed by atoms with Crippen LogP contribution in [0.3, 0.4) is 0 Å². The van der Waals surface area contributed by atoms with Crippen LogP contribution in [0, 0.1) is 29.1 Å². The van der Waals surface area contributed by atoms with Gasteiger partial charge in [-0.15, -0.1) is 0 Å². The molecule has 1 nitrogen and oxygen atoms in total. The van der Waals surface area contributed by atoms with Crippen molar-refractivity contribution in [2.24, 2.45) is 17.8 Å². The molecule has 0 aromatic heterocycles. The lowest BCUT2D eigenvalue weighted by atomic mass is 9.74. The Bertz CT molecular complexity index is 753. The minimum absolute atomic E-state index is 0.712. The SMILES string of the molecule is CCCc1ccc(C2CCC(CCC3CCC(CCC=CC=C(F)C#N)CC3)CC2)cc1. The third-order valence-corrected chi connectivity index (χ3v) is 8.01. The summed E-state index contributed by atoms with van der Waals surface area (Å²) in [4.78, 5) is 0. The van der Waals surface area contributed by atoms with Gasteiger partial charge in [0, 0.05) is 0 Å². The summed E-state index contributed by atoms with van der Waals surface area (Å²) in [7, 11) is 0. The Kier molecular flexibility index (Phi) is 10.5. The van der Waals surface area contributed by atoms with E-state index in [2.05, 4.69) is 31.2 Å². The molecule has 0 radical (unpaired) electrons. The number of rotatable bonds is 10. The first-order valence-electron chi connectivity index (χ1n) is 13.2. The molecule has 2 aliphatic rings. The summed E-state index contributed by atoms with van der Waals surface area (Å²) in [6.07, 6.45) is 23.6. The van der Waals surface area contributed by atoms with E-state index in [9.17, 15) is 4.39 Å². The maximum atomic E-state index is 12.7. The molecule has 0 N–H and O–H groups in total. The first-order valence-corrected chi connectivity index (χ1v) is 13.2. The molecule has 2 saturated carbocycles. The summed E-state index contributed by atoms with van der Waals surface area (Å²) < 4.78 is 12.7. The van der Waals surface area contributed by atoms with Gasteiger partial charge in [-0.25, -0.2) is 0 Å². The van der Waals surface area contributed by atoms with Gasteiger partial charge < -0.3 is 0 Å². The molecule has 32 heavy (non-hydrogen) atoms. The zero-order chi connectivity index (χ0) is 22.6. The van der Waals surface area contributed by atoms with Crippen LogP contribution in [0.2, 0.25) is 0 Å². The second kappa shape index (κ2) is 13.6. The van der Waals surface area contributed by atoms with E-state index in [1.165, 1.54) is 101 Å². The molecule has 0 atom stereocenters. The Labute approximate surface area is 195 Å². The van der Waals surface area contributed by atoms with Gasteiger partial charge in [0.15, 0.2) is 5.83 Å². The highest BCUT2D eigenvalue weighted by Crippen LogP contribution is 2.40. The first-order chi connectivity index (χ1) is 15.7. The summed E-state index contributed by atoms with van der Waals surface area (Å²) >= 11 is 0. The first kappa shape index (κ1) is 24.8. The Morgan fingerprint density at radius 3 is 2.03 bits per heavy atom. The highest BCUT2D eigenvalue weighted by molar-refractivity contribution is 5.26. The Balaban J connectivity index is 1.28. The topological polar surface area (TPSA) is 23.8 Å². The molecule has 2 heteroatoms. The van der Waals surface area contributed by atoms with Crippen LogP contribution < -0.4 is 0 Å². The van der Waals surface area contributed by atoms with Crippen molar-refractivity contribution in [2.75, 3.05) is 0 Å². The molecular weight excluding hydrogens is 393 g/mol. The van der Waals surface area contributed by atoms with Gasteiger partial charge in [-0.1, -0.05) is 88.3 Å². The number of hydrogen-bond acceptors (Lipinski definition) is 1. The van der Waals surface area contributed by atoms with Crippen molar-refractivity contribution in [1.29, 1.82) is 5.26 Å². The van der Waals surface area contributed by atoms with Crippen LogP contribution in [0.1, 0.15) is 107 Å². The van der Waals surface area contributed by atoms with Crippen LogP contribution in [0.4, 0.5) is 4.39 Å². The molecule has 0 unspecified atom stereocenters. The second-order valence-corrected chi connectivity index (χ2v) is 10.3. The van der Waals surface area contributed by atoms with E-state index < -0.39 is 5.83 Å². The van der Waals surface area contributed by atoms with Gasteiger partial charge >= 0.3 is 0 Å². The Morgan fingerprint density at radius 2 is 1.47 bits per heavy atom. The summed E-state index contributed by atoms with van der Waals surface area (Å²) in [5.74, 6) is 2.81. The van der Waals surface area contributed by atoms with Crippen molar-refractivity contribution in [1.82, 2.24) is 0 Å². The Morgan fingerprint density at radius 1 is 0.906 bits per heavy atom. The van der Waals surface area contributed by atoms with Gasteiger partial charge in [0.05, 0.1) is 0 Å². The van der Waals surface area contributed by atoms with E-state index in [1.807, 2.05) is 6.08 Å². The lowest BCUT2D eigenvalue weighted by Gasteiger charge is -2.32. The predicted molar refractivity (Wildman–Crippen MR) is 133 cm³/mol. The third kappa shape index (κ3) is 8.23. The van der Waals surface area contributed by atoms with Gasteiger partial charge in [0.2, 0.25) is 0 Å². The fourth-order valence-electron chi connectivity index (χ4n) is 5.93. The quantitative estimate of drug-likeness (QED) is 0.265. The van der Waals surface area contributed by atoms with Crippen molar-refractivity contribution in [3.05, 3.63) is 59.4 Å². The number of hydrogen-bond donors (Lipinski definition) is 0. The van der Waals surface area contributed by atoms with Crippen LogP contribution in [0.5, 0.6) is 0 Å². The van der Waals surface area contributed by atoms with Gasteiger partial charge in [0.25, 0.3) is 0 Å². The molecular formula is C30H42FN. The molecule has 0 spiro atoms. The molecule has 1 aromatic rings. The van der Waals surface area contributed by atoms with Crippen molar-refractivity contribution in [2.45, 2.75) is 103 Å². The van der Waals surface area contributed by atoms with Crippen molar-refractivity contribution >= 4 is 0 Å². The Hall–Kier alpha value is -1.88. The molecule has 174 valence electrons. The predicted octanol–water partition coefficient (Wildman–Crippen LogP) is 9.21. The van der Waals surface area contributed by atoms with E-state index in [4.69, 9.17) is 5.26 Å². The van der Waals surface area contributed by atoms with Gasteiger partial charge in [0.1, 0.15) is 6.07 Å². The monoisotopic (exact) mass is 435 g/mol. The summed E-state index contributed by atoms with van der Waals surface area (Å²) in [6, 6.07) is 11.0. The number of aryl methyl sites for hydroxylation is 1. The average molecular weight is 436 g/mol. The molecule has 0 saturated heterocycles. The molecule has 0 heterocycles. The molecule has 0 bridgehead atoms. The van der Waals surface area contributed by atoms with Gasteiger partial charge in [-0.05, 0) is 85.8 Å². The van der Waals surface area contributed by atoms with Crippen LogP contribution in [-0.4, -0.2) is 0 Å². The largest absolute Gasteiger partial charge is 0.199 e. The van der Waals surface area contributed by atoms with Crippen molar-refractivity contribution < 1.29 is 4.39 Å². The number of benzene rings is 1. The summed E-state index contributed by atoms with van der Waals surface area (Å²) in [5.41, 5.74) is 3.06. The zero-order valence-electron chi connectivity index (χ0n) is 20.1. The van der Waals surface area contributed by atoms with E-state index >= 15 is 0 Å². The molecule has 2 aliphatic carbocycles. The maximum absolute atomic E-state index is 12.7. The lowest BCUT2D eigenvalue weighted by Crippen LogP contribution is -2.17. The third-order valence-electron chi connectivity index (χ3n) is 8.01. The summed E-state index contributed by atoms with van der Waals surface area (Å²) in [5, 5.41) is 8.40. The van der Waals surface area contributed by atoms with E-state index in [0.717, 1.165) is 30.1 Å². The molecule has 1 aromatic carbocycles. The van der Waals surface area contributed by atoms with Crippen molar-refractivity contribution in [3.8, 4) is 6.07 Å². The minimum atomic E-state index is -0.712. The second-order valence-electron chi connectivity index (χ2n) is 10.3. The number of halogens is 1. The summed E-state index contributed by atoms with van der Waals surface area (Å²) in [6.45, 7) is 2.25. The minimum Gasteiger partial charge on any atom is -0.195 e. The molecule has 0 aliphatic heterocycles. The number of nitrogens with zero attached hydrogens (tertiary/aromatic N) is 1. The highest BCUT2D eigenvalue weighted by Gasteiger charge is 2.25. The number of allylic oxidation sites excluding steroid dienone is 4. The van der Waals surface area contributed by atoms with E-state index in [-0.39, 0.29) is 0 Å². The fourth-order valence-corrected chi connectivity index (χ4v) is 5.93. The van der Waals surface area contributed by atoms with Crippen molar-refractivity contribution in [3.63, 3.8) is 0 Å². The molecule has 3 rings (SSSR count). The van der Waals surface area contributed by atoms with Crippen LogP contribution >= 0.6 is 0 Å². The lowest BCUT2D eigenvalue weighted by molar-refractivity contribution is 0.225. The van der Waals surface area contributed by atoms with Crippen LogP contribution in [-0.2, 0) is 6.42 Å². The average Bonchev–Trinajstić information content (AvgIpc) is 2.84. The smallest absolute Gasteiger partial charge is 0.195 e. The maximum Gasteiger partial charge on any atom is 0.199 e. The van der Waals surface area contributed by atoms with Crippen LogP contribution in [0.25, 0.3) is 0 Å². The highest BCUT2D eigenvalue weighted by atomic mass is 19.1. The number of nitriles is 1. The molecule has 2 fully saturated rings. The normalized spacial score (nSPS) is 26.8. The van der Waals surface area contributed by atoms with E-state index in [0.29, 0.717) is 0 Å². The molecule has 0 amide bonds. The van der Waals surface area contributed by atoms with E-state index in [1.54, 1.807) is 11.6 Å². The standard InChI is InChI=1S/C30H42FN/c1-2-6-24-15-19-28(20-16-24)29-21-17-27(18-22-29)14-13-26-11-9-25(10-12-26)7-4-3-5-8-30(31)23-32/h3,5,8,15-16,19-20,25-27,29H,2,4,6-7,9-14,17-18,21-22H2,1H3. The van der Waals surface area contributed by atoms with Gasteiger partial charge in [-0.3, -0.25) is 0 Å². The zero-order valence-corrected chi connectivity index (χ0v) is 20.1. The fraction of sp³-hybridized carbons (Fsp3) is 0.633. The van der Waals surface area contributed by atoms with Crippen LogP contribution in [0.15, 0.2) is 48.3 Å².